The number of hydrogen-bond acceptors (Lipinski definition) is 6. The largest absolute Gasteiger partial charge is 0.493 e. The number of anilines is 1. The Morgan fingerprint density at radius 3 is 2.53 bits per heavy atom. The molecule has 0 radical (unpaired) electrons. The standard InChI is InChI=1S/C26H25N3O5/c1-17-22(18(2)34-28-17)16-33-23-12-9-20(14-24(23)32-3)26(31)27-21-10-7-19(8-11-21)15-29-13-5-4-6-25(29)30/h4-14H,15-16H2,1-3H3,(H,27,31). The van der Waals surface area contributed by atoms with E-state index in [2.05, 4.69) is 10.5 Å². The van der Waals surface area contributed by atoms with Gasteiger partial charge in [0.25, 0.3) is 11.5 Å². The lowest BCUT2D eigenvalue weighted by molar-refractivity contribution is 0.102. The molecule has 8 nitrogen and oxygen atoms in total. The van der Waals surface area contributed by atoms with Crippen molar-refractivity contribution in [3.05, 3.63) is 105 Å². The Kier molecular flexibility index (Phi) is 6.77. The van der Waals surface area contributed by atoms with Gasteiger partial charge < -0.3 is 23.9 Å². The van der Waals surface area contributed by atoms with E-state index >= 15 is 0 Å². The van der Waals surface area contributed by atoms with Crippen LogP contribution in [0, 0.1) is 13.8 Å². The number of benzene rings is 2. The molecule has 0 aliphatic carbocycles. The molecular formula is C26H25N3O5. The summed E-state index contributed by atoms with van der Waals surface area (Å²) in [5.74, 6) is 1.39. The Morgan fingerprint density at radius 2 is 1.85 bits per heavy atom. The molecule has 0 saturated heterocycles. The van der Waals surface area contributed by atoms with Gasteiger partial charge in [-0.2, -0.15) is 0 Å². The summed E-state index contributed by atoms with van der Waals surface area (Å²) in [7, 11) is 1.52. The number of nitrogens with zero attached hydrogens (tertiary/aromatic N) is 2. The van der Waals surface area contributed by atoms with Crippen molar-refractivity contribution in [1.29, 1.82) is 0 Å². The predicted molar refractivity (Wildman–Crippen MR) is 128 cm³/mol. The minimum atomic E-state index is -0.275. The molecule has 8 heteroatoms. The third-order valence-electron chi connectivity index (χ3n) is 5.44. The zero-order valence-corrected chi connectivity index (χ0v) is 19.2. The second kappa shape index (κ2) is 10.1. The van der Waals surface area contributed by atoms with Crippen molar-refractivity contribution in [2.75, 3.05) is 12.4 Å². The minimum Gasteiger partial charge on any atom is -0.493 e. The molecule has 0 aliphatic heterocycles. The number of nitrogens with one attached hydrogen (secondary N) is 1. The lowest BCUT2D eigenvalue weighted by atomic mass is 10.1. The molecule has 4 aromatic rings. The van der Waals surface area contributed by atoms with E-state index in [0.717, 1.165) is 16.8 Å². The highest BCUT2D eigenvalue weighted by atomic mass is 16.5. The van der Waals surface area contributed by atoms with Crippen LogP contribution in [0.5, 0.6) is 11.5 Å². The summed E-state index contributed by atoms with van der Waals surface area (Å²) in [4.78, 5) is 24.7. The fourth-order valence-corrected chi connectivity index (χ4v) is 3.47. The quantitative estimate of drug-likeness (QED) is 0.421. The Hall–Kier alpha value is -4.33. The number of hydrogen-bond donors (Lipinski definition) is 1. The minimum absolute atomic E-state index is 0.0621. The van der Waals surface area contributed by atoms with E-state index in [-0.39, 0.29) is 18.1 Å². The predicted octanol–water partition coefficient (Wildman–Crippen LogP) is 4.34. The number of carbonyl (C=O) groups excluding carboxylic acids is 1. The summed E-state index contributed by atoms with van der Waals surface area (Å²) < 4.78 is 18.1. The van der Waals surface area contributed by atoms with Crippen LogP contribution >= 0.6 is 0 Å². The van der Waals surface area contributed by atoms with Gasteiger partial charge in [-0.05, 0) is 55.8 Å². The smallest absolute Gasteiger partial charge is 0.255 e. The Morgan fingerprint density at radius 1 is 1.06 bits per heavy atom. The molecule has 2 aromatic heterocycles. The first-order chi connectivity index (χ1) is 16.4. The van der Waals surface area contributed by atoms with Crippen LogP contribution < -0.4 is 20.3 Å². The number of carbonyl (C=O) groups is 1. The Balaban J connectivity index is 1.41. The molecule has 0 spiro atoms. The van der Waals surface area contributed by atoms with Gasteiger partial charge in [0.15, 0.2) is 11.5 Å². The summed E-state index contributed by atoms with van der Waals surface area (Å²) in [5, 5.41) is 6.80. The molecule has 34 heavy (non-hydrogen) atoms. The number of pyridine rings is 1. The van der Waals surface area contributed by atoms with Crippen molar-refractivity contribution in [1.82, 2.24) is 9.72 Å². The normalized spacial score (nSPS) is 10.7. The average Bonchev–Trinajstić information content (AvgIpc) is 3.17. The van der Waals surface area contributed by atoms with E-state index in [1.165, 1.54) is 13.2 Å². The van der Waals surface area contributed by atoms with Crippen LogP contribution in [0.1, 0.15) is 32.9 Å². The maximum atomic E-state index is 12.8. The molecule has 0 saturated carbocycles. The van der Waals surface area contributed by atoms with Crippen molar-refractivity contribution in [3.63, 3.8) is 0 Å². The molecular weight excluding hydrogens is 434 g/mol. The van der Waals surface area contributed by atoms with Crippen molar-refractivity contribution in [2.24, 2.45) is 0 Å². The van der Waals surface area contributed by atoms with Crippen LogP contribution in [-0.2, 0) is 13.2 Å². The van der Waals surface area contributed by atoms with Crippen LogP contribution in [0.15, 0.2) is 76.2 Å². The summed E-state index contributed by atoms with van der Waals surface area (Å²) in [6.45, 7) is 4.43. The van der Waals surface area contributed by atoms with Crippen molar-refractivity contribution in [2.45, 2.75) is 27.0 Å². The number of aryl methyl sites for hydroxylation is 2. The number of aromatic nitrogens is 2. The first-order valence-electron chi connectivity index (χ1n) is 10.7. The van der Waals surface area contributed by atoms with Crippen molar-refractivity contribution < 1.29 is 18.8 Å². The molecule has 0 atom stereocenters. The zero-order valence-electron chi connectivity index (χ0n) is 19.2. The number of methoxy groups -OCH3 is 1. The summed E-state index contributed by atoms with van der Waals surface area (Å²) in [6.07, 6.45) is 1.74. The molecule has 1 amide bonds. The molecule has 2 aromatic carbocycles. The summed E-state index contributed by atoms with van der Waals surface area (Å²) >= 11 is 0. The molecule has 4 rings (SSSR count). The average molecular weight is 460 g/mol. The van der Waals surface area contributed by atoms with Crippen LogP contribution in [-0.4, -0.2) is 22.7 Å². The molecule has 0 fully saturated rings. The molecule has 1 N–H and O–H groups in total. The van der Waals surface area contributed by atoms with Crippen molar-refractivity contribution >= 4 is 11.6 Å². The molecule has 0 aliphatic rings. The zero-order chi connectivity index (χ0) is 24.1. The van der Waals surface area contributed by atoms with Gasteiger partial charge in [0.05, 0.1) is 24.9 Å². The van der Waals surface area contributed by atoms with E-state index in [4.69, 9.17) is 14.0 Å². The van der Waals surface area contributed by atoms with Gasteiger partial charge in [-0.3, -0.25) is 9.59 Å². The second-order valence-corrected chi connectivity index (χ2v) is 7.77. The maximum absolute atomic E-state index is 12.8. The lowest BCUT2D eigenvalue weighted by Crippen LogP contribution is -2.18. The Bertz CT molecular complexity index is 1340. The van der Waals surface area contributed by atoms with E-state index in [9.17, 15) is 9.59 Å². The highest BCUT2D eigenvalue weighted by molar-refractivity contribution is 6.04. The second-order valence-electron chi connectivity index (χ2n) is 7.77. The van der Waals surface area contributed by atoms with Gasteiger partial charge in [-0.1, -0.05) is 23.4 Å². The summed E-state index contributed by atoms with van der Waals surface area (Å²) in [6, 6.07) is 17.4. The first-order valence-corrected chi connectivity index (χ1v) is 10.7. The van der Waals surface area contributed by atoms with Gasteiger partial charge in [-0.25, -0.2) is 0 Å². The molecule has 0 bridgehead atoms. The fraction of sp³-hybridized carbons (Fsp3) is 0.192. The molecule has 2 heterocycles. The number of rotatable bonds is 8. The highest BCUT2D eigenvalue weighted by Gasteiger charge is 2.14. The van der Waals surface area contributed by atoms with Gasteiger partial charge in [0, 0.05) is 23.5 Å². The topological polar surface area (TPSA) is 95.6 Å². The molecule has 174 valence electrons. The van der Waals surface area contributed by atoms with Crippen LogP contribution in [0.3, 0.4) is 0 Å². The third kappa shape index (κ3) is 5.17. The van der Waals surface area contributed by atoms with E-state index in [1.807, 2.05) is 32.0 Å². The van der Waals surface area contributed by atoms with Crippen LogP contribution in [0.25, 0.3) is 0 Å². The van der Waals surface area contributed by atoms with Gasteiger partial charge >= 0.3 is 0 Å². The monoisotopic (exact) mass is 459 g/mol. The third-order valence-corrected chi connectivity index (χ3v) is 5.44. The van der Waals surface area contributed by atoms with E-state index in [1.54, 1.807) is 47.2 Å². The maximum Gasteiger partial charge on any atom is 0.255 e. The van der Waals surface area contributed by atoms with Crippen molar-refractivity contribution in [3.8, 4) is 11.5 Å². The van der Waals surface area contributed by atoms with Gasteiger partial charge in [0.2, 0.25) is 0 Å². The molecule has 0 unspecified atom stereocenters. The fourth-order valence-electron chi connectivity index (χ4n) is 3.47. The van der Waals surface area contributed by atoms with Gasteiger partial charge in [-0.15, -0.1) is 0 Å². The highest BCUT2D eigenvalue weighted by Crippen LogP contribution is 2.30. The Labute approximate surface area is 196 Å². The van der Waals surface area contributed by atoms with E-state index in [0.29, 0.717) is 35.1 Å². The first kappa shape index (κ1) is 22.8. The van der Waals surface area contributed by atoms with Crippen LogP contribution in [0.2, 0.25) is 0 Å². The number of amides is 1. The van der Waals surface area contributed by atoms with E-state index < -0.39 is 0 Å². The van der Waals surface area contributed by atoms with Gasteiger partial charge in [0.1, 0.15) is 12.4 Å². The van der Waals surface area contributed by atoms with Crippen LogP contribution in [0.4, 0.5) is 5.69 Å². The summed E-state index contributed by atoms with van der Waals surface area (Å²) in [5.41, 5.74) is 3.62. The lowest BCUT2D eigenvalue weighted by Gasteiger charge is -2.13. The SMILES string of the molecule is COc1cc(C(=O)Nc2ccc(Cn3ccccc3=O)cc2)ccc1OCc1c(C)noc1C. The number of ether oxygens (including phenoxy) is 2.